The number of imide groups is 2. The van der Waals surface area contributed by atoms with E-state index in [0.29, 0.717) is 91.0 Å². The van der Waals surface area contributed by atoms with Crippen molar-refractivity contribution in [1.82, 2.24) is 18.4 Å². The molecular weight excluding hydrogens is 1800 g/mol. The van der Waals surface area contributed by atoms with E-state index in [-0.39, 0.29) is 114 Å². The maximum atomic E-state index is 15.9. The maximum Gasteiger partial charge on any atom is 0.425 e. The molecule has 0 spiro atoms. The minimum atomic E-state index is -4.84. The van der Waals surface area contributed by atoms with E-state index in [1.807, 2.05) is 39.3 Å². The first-order valence-electron chi connectivity index (χ1n) is 42.7. The second-order valence-electron chi connectivity index (χ2n) is 38.3. The van der Waals surface area contributed by atoms with Crippen molar-refractivity contribution in [3.63, 3.8) is 0 Å². The Morgan fingerprint density at radius 1 is 0.394 bits per heavy atom. The number of hydrogen-bond acceptors (Lipinski definition) is 28. The van der Waals surface area contributed by atoms with Crippen LogP contribution in [0.2, 0.25) is 51.4 Å². The first-order valence-corrected chi connectivity index (χ1v) is 56.3. The number of ether oxygens (including phenoxy) is 8. The third-order valence-corrected chi connectivity index (χ3v) is 32.4. The number of benzene rings is 8. The first kappa shape index (κ1) is 101. The number of sulfone groups is 2. The molecule has 0 saturated carbocycles. The molecule has 4 aliphatic heterocycles. The third kappa shape index (κ3) is 25.2. The zero-order chi connectivity index (χ0) is 96.8. The van der Waals surface area contributed by atoms with Crippen molar-refractivity contribution in [1.29, 1.82) is 0 Å². The van der Waals surface area contributed by atoms with E-state index in [2.05, 4.69) is 30.7 Å². The minimum absolute atomic E-state index is 0.00365. The number of carbonyl (C=O) groups is 4. The number of azo groups is 1. The summed E-state index contributed by atoms with van der Waals surface area (Å²) in [6.45, 7) is 31.4. The van der Waals surface area contributed by atoms with Gasteiger partial charge in [0.25, 0.3) is 0 Å². The molecule has 4 heterocycles. The van der Waals surface area contributed by atoms with Gasteiger partial charge in [-0.05, 0) is 206 Å². The van der Waals surface area contributed by atoms with Crippen LogP contribution in [0, 0.1) is 0 Å². The molecular formula is C94H116N12O20S4Si2. The Balaban J connectivity index is 0.000000255. The van der Waals surface area contributed by atoms with E-state index in [1.165, 1.54) is 55.2 Å². The molecule has 0 bridgehead atoms. The summed E-state index contributed by atoms with van der Waals surface area (Å²) >= 11 is 0. The summed E-state index contributed by atoms with van der Waals surface area (Å²) in [5, 5.41) is 20.7. The molecule has 0 fully saturated rings. The predicted octanol–water partition coefficient (Wildman–Crippen LogP) is 19.6. The van der Waals surface area contributed by atoms with E-state index in [1.54, 1.807) is 223 Å². The summed E-state index contributed by atoms with van der Waals surface area (Å²) in [6.07, 6.45) is -4.01. The van der Waals surface area contributed by atoms with Gasteiger partial charge >= 0.3 is 24.4 Å². The monoisotopic (exact) mass is 1920 g/mol. The van der Waals surface area contributed by atoms with Gasteiger partial charge in [-0.2, -0.15) is 28.6 Å². The summed E-state index contributed by atoms with van der Waals surface area (Å²) in [5.41, 5.74) is 1.53. The average Bonchev–Trinajstić information content (AvgIpc) is 1.18. The van der Waals surface area contributed by atoms with Crippen LogP contribution in [0.5, 0.6) is 23.0 Å². The van der Waals surface area contributed by atoms with Gasteiger partial charge in [0.1, 0.15) is 73.4 Å². The van der Waals surface area contributed by atoms with Crippen molar-refractivity contribution in [3.8, 4) is 45.3 Å². The number of para-hydroxylation sites is 2. The molecule has 132 heavy (non-hydrogen) atoms. The molecule has 0 saturated heterocycles. The summed E-state index contributed by atoms with van der Waals surface area (Å²) in [4.78, 5) is 68.9. The molecule has 0 atom stereocenters. The molecule has 0 aromatic heterocycles. The maximum absolute atomic E-state index is 15.9. The fraction of sp³-hybridized carbons (Fsp3) is 0.404. The summed E-state index contributed by atoms with van der Waals surface area (Å²) < 4.78 is 169. The van der Waals surface area contributed by atoms with Crippen molar-refractivity contribution in [2.24, 2.45) is 40.6 Å². The smallest absolute Gasteiger partial charge is 0.425 e. The highest BCUT2D eigenvalue weighted by Gasteiger charge is 2.45. The third-order valence-electron chi connectivity index (χ3n) is 20.7. The van der Waals surface area contributed by atoms with E-state index < -0.39 is 117 Å². The van der Waals surface area contributed by atoms with E-state index >= 15 is 16.8 Å². The molecule has 32 nitrogen and oxygen atoms in total. The largest absolute Gasteiger partial charge is 0.497 e. The van der Waals surface area contributed by atoms with Crippen molar-refractivity contribution >= 4 is 115 Å². The minimum Gasteiger partial charge on any atom is -0.497 e. The Bertz CT molecular complexity index is 6240. The predicted molar refractivity (Wildman–Crippen MR) is 512 cm³/mol. The standard InChI is InChI=1S/2C47H58N6O10S2Si/c1-46(2,3)62-44(54)53(45(55)63-47(4,5)6)40-27-33-13-12-14-37(42(33)49-40)36-23-24-39(64(56,57)25-26-66(9,10)11)43(41(36)38-28-48-51-50-38)65(58,59)52(29-31-15-19-34(60-7)20-16-31)30-32-17-21-35(61-8)22-18-32;1-46(2,3)62-44(54)53(45(55)63-47(4,5)6)39-27-33-13-12-14-37(41(33)50-39)36-23-24-38(64(56,57)25-26-66(9,10)11)42(40(36)43-48-30-49-51-43)65(58,59)52(28-31-15-19-34(60-7)20-16-31)29-32-17-21-35(61-8)22-18-32/h2*12-24H,25-30H2,1-11H3. The number of rotatable bonds is 28. The zero-order valence-electron chi connectivity index (χ0n) is 78.7. The van der Waals surface area contributed by atoms with E-state index in [4.69, 9.17) is 47.9 Å². The number of amides is 4. The van der Waals surface area contributed by atoms with Gasteiger partial charge in [0, 0.05) is 71.9 Å². The summed E-state index contributed by atoms with van der Waals surface area (Å²) in [5.74, 6) is 1.61. The van der Waals surface area contributed by atoms with E-state index in [0.717, 1.165) is 9.80 Å². The van der Waals surface area contributed by atoms with E-state index in [9.17, 15) is 36.0 Å². The number of carbonyl (C=O) groups excluding carboxylic acids is 4. The number of aliphatic imine (C=N–C) groups is 3. The molecule has 12 rings (SSSR count). The highest BCUT2D eigenvalue weighted by molar-refractivity contribution is 7.94. The lowest BCUT2D eigenvalue weighted by atomic mass is 9.93. The van der Waals surface area contributed by atoms with Gasteiger partial charge in [0.2, 0.25) is 20.0 Å². The highest BCUT2D eigenvalue weighted by atomic mass is 32.2. The van der Waals surface area contributed by atoms with Crippen molar-refractivity contribution in [2.45, 2.75) is 215 Å². The lowest BCUT2D eigenvalue weighted by Gasteiger charge is -2.28. The van der Waals surface area contributed by atoms with Gasteiger partial charge in [-0.3, -0.25) is 0 Å². The van der Waals surface area contributed by atoms with Crippen LogP contribution in [-0.4, -0.2) is 191 Å². The molecule has 704 valence electrons. The molecule has 8 aromatic rings. The molecule has 38 heteroatoms. The Kier molecular flexibility index (Phi) is 30.7. The fourth-order valence-corrected chi connectivity index (χ4v) is 27.8. The number of nitrogens with zero attached hydrogens (tertiary/aromatic N) is 12. The normalized spacial score (nSPS) is 14.1. The molecule has 0 N–H and O–H groups in total. The van der Waals surface area contributed by atoms with Crippen LogP contribution in [0.25, 0.3) is 22.3 Å². The van der Waals surface area contributed by atoms with Crippen LogP contribution in [0.1, 0.15) is 128 Å². The van der Waals surface area contributed by atoms with Crippen LogP contribution in [0.4, 0.5) is 30.6 Å². The van der Waals surface area contributed by atoms with Gasteiger partial charge in [-0.15, -0.1) is 10.2 Å². The zero-order valence-corrected chi connectivity index (χ0v) is 83.9. The van der Waals surface area contributed by atoms with Crippen molar-refractivity contribution < 1.29 is 90.7 Å². The fourth-order valence-electron chi connectivity index (χ4n) is 14.2. The molecule has 4 amide bonds. The second kappa shape index (κ2) is 40.1. The Labute approximate surface area is 775 Å². The van der Waals surface area contributed by atoms with Crippen LogP contribution >= 0.6 is 0 Å². The number of fused-ring (bicyclic) bond motifs is 2. The van der Waals surface area contributed by atoms with Crippen LogP contribution in [0.15, 0.2) is 218 Å². The number of amidine groups is 3. The number of sulfonamides is 2. The van der Waals surface area contributed by atoms with Crippen LogP contribution in [-0.2, 0) is 97.7 Å². The summed E-state index contributed by atoms with van der Waals surface area (Å²) in [7, 11) is -16.1. The topological polar surface area (TPSA) is 391 Å². The van der Waals surface area contributed by atoms with Gasteiger partial charge in [0.05, 0.1) is 72.4 Å². The highest BCUT2D eigenvalue weighted by Crippen LogP contribution is 2.48. The Hall–Kier alpha value is -11.5. The Morgan fingerprint density at radius 2 is 0.712 bits per heavy atom. The van der Waals surface area contributed by atoms with Crippen molar-refractivity contribution in [2.75, 3.05) is 53.2 Å². The number of hydrogen-bond donors (Lipinski definition) is 0. The van der Waals surface area contributed by atoms with Crippen LogP contribution in [0.3, 0.4) is 0 Å². The molecule has 0 radical (unpaired) electrons. The van der Waals surface area contributed by atoms with Gasteiger partial charge in [-0.1, -0.05) is 136 Å². The molecule has 0 unspecified atom stereocenters. The molecule has 8 aromatic carbocycles. The SMILES string of the molecule is COc1ccc(CN(Cc2ccc(OC)cc2)S(=O)(=O)c2c(S(=O)(=O)CC[Si](C)(C)C)ccc(-c3cccc4c3N=C(N(C(=O)OC(C)(C)C)C(=O)OC(C)(C)C)C4)c2C2=NCN=N2)cc1.COc1ccc(CN(Cc2ccc(OC)cc2)S(=O)(=O)c2c(S(=O)(=O)CC[Si](C)(C)C)ccc(-c3cccc4c3N=C(N(C(=O)OC(C)(C)C)C(=O)OC(C)(C)C)C4)c2C2=NN=NC2)cc1. The van der Waals surface area contributed by atoms with Gasteiger partial charge in [0.15, 0.2) is 32.2 Å². The quantitative estimate of drug-likeness (QED) is 0.0325. The first-order chi connectivity index (χ1) is 61.6. The van der Waals surface area contributed by atoms with Crippen LogP contribution < -0.4 is 18.9 Å². The molecule has 4 aliphatic rings. The average molecular weight is 1920 g/mol. The van der Waals surface area contributed by atoms with Gasteiger partial charge in [-0.25, -0.2) is 67.8 Å². The van der Waals surface area contributed by atoms with Crippen molar-refractivity contribution in [3.05, 3.63) is 202 Å². The number of methoxy groups -OCH3 is 4. The molecule has 0 aliphatic carbocycles. The second-order valence-corrected chi connectivity index (χ2v) is 57.4. The van der Waals surface area contributed by atoms with Gasteiger partial charge < -0.3 is 37.9 Å². The lowest BCUT2D eigenvalue weighted by molar-refractivity contribution is 0.0122. The summed E-state index contributed by atoms with van der Waals surface area (Å²) in [6, 6.07) is 44.6. The lowest BCUT2D eigenvalue weighted by Crippen LogP contribution is -2.47. The Morgan fingerprint density at radius 3 is 0.992 bits per heavy atom.